The Hall–Kier alpha value is -3.22. The molecule has 1 fully saturated rings. The highest BCUT2D eigenvalue weighted by Crippen LogP contribution is 2.35. The van der Waals surface area contributed by atoms with Crippen LogP contribution in [-0.2, 0) is 14.3 Å². The largest absolute Gasteiger partial charge is 0.458 e. The molecular weight excluding hydrogens is 425 g/mol. The molecule has 0 bridgehead atoms. The molecule has 0 unspecified atom stereocenters. The standard InChI is InChI=1S/C26H30FNO5/c1-16(2)20-13-8-17(3)14-23(20)33-26(31)22-7-5-4-6-21(22)25(30)32-15-24(29)28-19-11-9-18(27)10-12-19/h4-7,9-12,16-17,20,23H,8,13-15H2,1-3H3,(H,28,29)/t17-,20-,23+/m1/s1. The number of carbonyl (C=O) groups excluding carboxylic acids is 3. The fourth-order valence-electron chi connectivity index (χ4n) is 4.23. The van der Waals surface area contributed by atoms with Crippen molar-refractivity contribution in [2.24, 2.45) is 17.8 Å². The SMILES string of the molecule is CC(C)[C@H]1CC[C@@H](C)C[C@@H]1OC(=O)c1ccccc1C(=O)OCC(=O)Nc1ccc(F)cc1. The van der Waals surface area contributed by atoms with Crippen molar-refractivity contribution < 1.29 is 28.2 Å². The third kappa shape index (κ3) is 6.63. The normalized spacial score (nSPS) is 20.2. The molecule has 7 heteroatoms. The number of esters is 2. The van der Waals surface area contributed by atoms with Crippen LogP contribution in [0.15, 0.2) is 48.5 Å². The van der Waals surface area contributed by atoms with Crippen LogP contribution in [0.2, 0.25) is 0 Å². The number of rotatable bonds is 7. The van der Waals surface area contributed by atoms with E-state index in [0.717, 1.165) is 19.3 Å². The lowest BCUT2D eigenvalue weighted by Gasteiger charge is -2.36. The maximum atomic E-state index is 13.0. The number of benzene rings is 2. The van der Waals surface area contributed by atoms with E-state index in [1.54, 1.807) is 12.1 Å². The summed E-state index contributed by atoms with van der Waals surface area (Å²) in [6, 6.07) is 11.5. The van der Waals surface area contributed by atoms with Gasteiger partial charge in [0.05, 0.1) is 11.1 Å². The molecule has 0 spiro atoms. The van der Waals surface area contributed by atoms with Crippen molar-refractivity contribution in [1.29, 1.82) is 0 Å². The summed E-state index contributed by atoms with van der Waals surface area (Å²) >= 11 is 0. The van der Waals surface area contributed by atoms with Crippen molar-refractivity contribution in [1.82, 2.24) is 0 Å². The fourth-order valence-corrected chi connectivity index (χ4v) is 4.23. The Labute approximate surface area is 193 Å². The van der Waals surface area contributed by atoms with Gasteiger partial charge in [-0.25, -0.2) is 14.0 Å². The lowest BCUT2D eigenvalue weighted by Crippen LogP contribution is -2.36. The quantitative estimate of drug-likeness (QED) is 0.578. The number of carbonyl (C=O) groups is 3. The summed E-state index contributed by atoms with van der Waals surface area (Å²) < 4.78 is 24.0. The smallest absolute Gasteiger partial charge is 0.339 e. The van der Waals surface area contributed by atoms with E-state index in [9.17, 15) is 18.8 Å². The summed E-state index contributed by atoms with van der Waals surface area (Å²) in [5.74, 6) is -1.24. The van der Waals surface area contributed by atoms with E-state index in [0.29, 0.717) is 17.5 Å². The van der Waals surface area contributed by atoms with E-state index >= 15 is 0 Å². The lowest BCUT2D eigenvalue weighted by atomic mass is 9.75. The van der Waals surface area contributed by atoms with E-state index < -0.39 is 30.3 Å². The van der Waals surface area contributed by atoms with Crippen LogP contribution < -0.4 is 5.32 Å². The van der Waals surface area contributed by atoms with Crippen molar-refractivity contribution >= 4 is 23.5 Å². The number of amides is 1. The van der Waals surface area contributed by atoms with Crippen LogP contribution in [0.4, 0.5) is 10.1 Å². The molecule has 2 aromatic rings. The fraction of sp³-hybridized carbons (Fsp3) is 0.423. The van der Waals surface area contributed by atoms with Gasteiger partial charge in [-0.1, -0.05) is 39.3 Å². The number of halogens is 1. The summed E-state index contributed by atoms with van der Waals surface area (Å²) in [4.78, 5) is 37.7. The highest BCUT2D eigenvalue weighted by Gasteiger charge is 2.34. The molecule has 0 saturated heterocycles. The van der Waals surface area contributed by atoms with Gasteiger partial charge < -0.3 is 14.8 Å². The highest BCUT2D eigenvalue weighted by molar-refractivity contribution is 6.04. The molecule has 0 aliphatic heterocycles. The van der Waals surface area contributed by atoms with Gasteiger partial charge in [0.25, 0.3) is 5.91 Å². The second kappa shape index (κ2) is 11.1. The average molecular weight is 456 g/mol. The van der Waals surface area contributed by atoms with Crippen molar-refractivity contribution in [2.75, 3.05) is 11.9 Å². The summed E-state index contributed by atoms with van der Waals surface area (Å²) in [7, 11) is 0. The molecule has 1 amide bonds. The molecule has 1 saturated carbocycles. The first-order chi connectivity index (χ1) is 15.7. The molecule has 6 nitrogen and oxygen atoms in total. The summed E-state index contributed by atoms with van der Waals surface area (Å²) in [5, 5.41) is 2.51. The Bertz CT molecular complexity index is 988. The number of hydrogen-bond donors (Lipinski definition) is 1. The van der Waals surface area contributed by atoms with E-state index in [1.807, 2.05) is 0 Å². The zero-order chi connectivity index (χ0) is 24.0. The zero-order valence-electron chi connectivity index (χ0n) is 19.2. The minimum absolute atomic E-state index is 0.0436. The minimum Gasteiger partial charge on any atom is -0.458 e. The van der Waals surface area contributed by atoms with Gasteiger partial charge >= 0.3 is 11.9 Å². The van der Waals surface area contributed by atoms with Crippen molar-refractivity contribution in [3.63, 3.8) is 0 Å². The average Bonchev–Trinajstić information content (AvgIpc) is 2.79. The second-order valence-corrected chi connectivity index (χ2v) is 8.95. The molecule has 0 radical (unpaired) electrons. The van der Waals surface area contributed by atoms with Gasteiger partial charge in [-0.15, -0.1) is 0 Å². The lowest BCUT2D eigenvalue weighted by molar-refractivity contribution is -0.119. The summed E-state index contributed by atoms with van der Waals surface area (Å²) in [5.41, 5.74) is 0.534. The Balaban J connectivity index is 1.63. The summed E-state index contributed by atoms with van der Waals surface area (Å²) in [6.45, 7) is 5.86. The van der Waals surface area contributed by atoms with Crippen LogP contribution in [0.25, 0.3) is 0 Å². The maximum Gasteiger partial charge on any atom is 0.339 e. The van der Waals surface area contributed by atoms with Crippen molar-refractivity contribution in [2.45, 2.75) is 46.1 Å². The van der Waals surface area contributed by atoms with Gasteiger partial charge in [0.15, 0.2) is 6.61 Å². The molecule has 0 aromatic heterocycles. The molecule has 2 aromatic carbocycles. The molecule has 1 N–H and O–H groups in total. The topological polar surface area (TPSA) is 81.7 Å². The minimum atomic E-state index is -0.797. The van der Waals surface area contributed by atoms with Crippen molar-refractivity contribution in [3.8, 4) is 0 Å². The predicted octanol–water partition coefficient (Wildman–Crippen LogP) is 5.24. The van der Waals surface area contributed by atoms with Crippen LogP contribution in [0.3, 0.4) is 0 Å². The van der Waals surface area contributed by atoms with Crippen LogP contribution in [0.1, 0.15) is 60.7 Å². The van der Waals surface area contributed by atoms with E-state index in [2.05, 4.69) is 26.1 Å². The number of hydrogen-bond acceptors (Lipinski definition) is 5. The van der Waals surface area contributed by atoms with Gasteiger partial charge in [0.1, 0.15) is 11.9 Å². The van der Waals surface area contributed by atoms with Gasteiger partial charge in [-0.05, 0) is 67.0 Å². The van der Waals surface area contributed by atoms with E-state index in [4.69, 9.17) is 9.47 Å². The van der Waals surface area contributed by atoms with E-state index in [-0.39, 0.29) is 23.1 Å². The predicted molar refractivity (Wildman–Crippen MR) is 122 cm³/mol. The first kappa shape index (κ1) is 24.4. The maximum absolute atomic E-state index is 13.0. The molecule has 0 heterocycles. The summed E-state index contributed by atoms with van der Waals surface area (Å²) in [6.07, 6.45) is 2.71. The van der Waals surface area contributed by atoms with Crippen LogP contribution in [-0.4, -0.2) is 30.6 Å². The molecule has 1 aliphatic rings. The first-order valence-electron chi connectivity index (χ1n) is 11.3. The van der Waals surface area contributed by atoms with Crippen LogP contribution >= 0.6 is 0 Å². The van der Waals surface area contributed by atoms with Crippen LogP contribution in [0, 0.1) is 23.6 Å². The second-order valence-electron chi connectivity index (χ2n) is 8.95. The van der Waals surface area contributed by atoms with Gasteiger partial charge in [0.2, 0.25) is 0 Å². The molecule has 3 atom stereocenters. The zero-order valence-corrected chi connectivity index (χ0v) is 19.2. The molecular formula is C26H30FNO5. The third-order valence-corrected chi connectivity index (χ3v) is 6.05. The number of nitrogens with one attached hydrogen (secondary N) is 1. The third-order valence-electron chi connectivity index (χ3n) is 6.05. The van der Waals surface area contributed by atoms with Gasteiger partial charge in [-0.2, -0.15) is 0 Å². The molecule has 33 heavy (non-hydrogen) atoms. The van der Waals surface area contributed by atoms with Gasteiger partial charge in [-0.3, -0.25) is 4.79 Å². The van der Waals surface area contributed by atoms with Gasteiger partial charge in [0, 0.05) is 5.69 Å². The Morgan fingerprint density at radius 2 is 1.64 bits per heavy atom. The Morgan fingerprint density at radius 3 is 2.27 bits per heavy atom. The number of anilines is 1. The van der Waals surface area contributed by atoms with E-state index in [1.165, 1.54) is 36.4 Å². The monoisotopic (exact) mass is 455 g/mol. The molecule has 1 aliphatic carbocycles. The van der Waals surface area contributed by atoms with Crippen LogP contribution in [0.5, 0.6) is 0 Å². The molecule has 3 rings (SSSR count). The Morgan fingerprint density at radius 1 is 1.00 bits per heavy atom. The number of ether oxygens (including phenoxy) is 2. The first-order valence-corrected chi connectivity index (χ1v) is 11.3. The molecule has 176 valence electrons. The van der Waals surface area contributed by atoms with Crippen molar-refractivity contribution in [3.05, 3.63) is 65.5 Å². The Kier molecular flexibility index (Phi) is 8.20. The highest BCUT2D eigenvalue weighted by atomic mass is 19.1.